The van der Waals surface area contributed by atoms with Crippen LogP contribution in [0.1, 0.15) is 22.5 Å². The lowest BCUT2D eigenvalue weighted by molar-refractivity contribution is -0.141. The van der Waals surface area contributed by atoms with Crippen molar-refractivity contribution in [1.29, 1.82) is 0 Å². The maximum Gasteiger partial charge on any atom is 0.433 e. The maximum absolute atomic E-state index is 12.9. The monoisotopic (exact) mass is 331 g/mol. The Bertz CT molecular complexity index is 639. The van der Waals surface area contributed by atoms with E-state index in [0.717, 1.165) is 22.4 Å². The number of rotatable bonds is 5. The van der Waals surface area contributed by atoms with E-state index in [2.05, 4.69) is 20.3 Å². The van der Waals surface area contributed by atoms with Crippen molar-refractivity contribution in [3.63, 3.8) is 0 Å². The standard InChI is InChI=1S/C13H16F3N5S/c1-4-8-6-17-11(22-8)7-18-12-19-9(13(14,15)16)5-10(20-12)21(2)3/h5-6H,4,7H2,1-3H3,(H,18,19,20). The van der Waals surface area contributed by atoms with Crippen LogP contribution in [0.3, 0.4) is 0 Å². The Kier molecular flexibility index (Phi) is 4.84. The summed E-state index contributed by atoms with van der Waals surface area (Å²) in [5, 5.41) is 3.59. The summed E-state index contributed by atoms with van der Waals surface area (Å²) < 4.78 is 38.6. The third-order valence-electron chi connectivity index (χ3n) is 2.81. The minimum absolute atomic E-state index is 0.0632. The Labute approximate surface area is 130 Å². The molecule has 0 saturated carbocycles. The third kappa shape index (κ3) is 4.06. The van der Waals surface area contributed by atoms with Gasteiger partial charge in [0, 0.05) is 31.2 Å². The highest BCUT2D eigenvalue weighted by atomic mass is 32.1. The molecule has 2 aromatic heterocycles. The van der Waals surface area contributed by atoms with E-state index >= 15 is 0 Å². The minimum Gasteiger partial charge on any atom is -0.363 e. The van der Waals surface area contributed by atoms with Gasteiger partial charge in [0.1, 0.15) is 10.8 Å². The molecular formula is C13H16F3N5S. The summed E-state index contributed by atoms with van der Waals surface area (Å²) in [4.78, 5) is 14.4. The molecule has 0 aliphatic rings. The first-order valence-corrected chi connectivity index (χ1v) is 7.42. The van der Waals surface area contributed by atoms with E-state index < -0.39 is 11.9 Å². The molecule has 9 heteroatoms. The fourth-order valence-electron chi connectivity index (χ4n) is 1.64. The number of aromatic nitrogens is 3. The van der Waals surface area contributed by atoms with Crippen LogP contribution in [0.15, 0.2) is 12.3 Å². The van der Waals surface area contributed by atoms with Crippen molar-refractivity contribution in [2.75, 3.05) is 24.3 Å². The molecule has 0 bridgehead atoms. The largest absolute Gasteiger partial charge is 0.433 e. The molecule has 5 nitrogen and oxygen atoms in total. The Morgan fingerprint density at radius 1 is 1.27 bits per heavy atom. The second-order valence-corrected chi connectivity index (χ2v) is 5.95. The molecule has 120 valence electrons. The van der Waals surface area contributed by atoms with Gasteiger partial charge < -0.3 is 10.2 Å². The number of hydrogen-bond acceptors (Lipinski definition) is 6. The van der Waals surface area contributed by atoms with Crippen molar-refractivity contribution in [3.05, 3.63) is 27.8 Å². The number of thiazole rings is 1. The van der Waals surface area contributed by atoms with Crippen LogP contribution in [-0.2, 0) is 19.1 Å². The Morgan fingerprint density at radius 3 is 2.55 bits per heavy atom. The molecule has 0 radical (unpaired) electrons. The molecule has 2 aromatic rings. The van der Waals surface area contributed by atoms with Gasteiger partial charge in [0.05, 0.1) is 6.54 Å². The van der Waals surface area contributed by atoms with Gasteiger partial charge in [-0.25, -0.2) is 9.97 Å². The van der Waals surface area contributed by atoms with Gasteiger partial charge in [0.2, 0.25) is 5.95 Å². The van der Waals surface area contributed by atoms with Gasteiger partial charge in [-0.1, -0.05) is 6.92 Å². The molecule has 0 fully saturated rings. The molecule has 2 rings (SSSR count). The highest BCUT2D eigenvalue weighted by Crippen LogP contribution is 2.30. The Balaban J connectivity index is 2.20. The molecule has 0 unspecified atom stereocenters. The van der Waals surface area contributed by atoms with E-state index in [4.69, 9.17) is 0 Å². The van der Waals surface area contributed by atoms with E-state index in [9.17, 15) is 13.2 Å². The molecule has 2 heterocycles. The lowest BCUT2D eigenvalue weighted by atomic mass is 10.3. The summed E-state index contributed by atoms with van der Waals surface area (Å²) >= 11 is 1.51. The van der Waals surface area contributed by atoms with Crippen LogP contribution in [-0.4, -0.2) is 29.0 Å². The zero-order valence-corrected chi connectivity index (χ0v) is 13.2. The third-order valence-corrected chi connectivity index (χ3v) is 3.95. The Hall–Kier alpha value is -1.90. The topological polar surface area (TPSA) is 53.9 Å². The van der Waals surface area contributed by atoms with Crippen molar-refractivity contribution < 1.29 is 13.2 Å². The van der Waals surface area contributed by atoms with Crippen LogP contribution in [0.2, 0.25) is 0 Å². The van der Waals surface area contributed by atoms with Gasteiger partial charge in [-0.05, 0) is 6.42 Å². The summed E-state index contributed by atoms with van der Waals surface area (Å²) in [5.41, 5.74) is -0.970. The molecule has 0 aliphatic carbocycles. The highest BCUT2D eigenvalue weighted by molar-refractivity contribution is 7.11. The van der Waals surface area contributed by atoms with Gasteiger partial charge in [-0.2, -0.15) is 18.2 Å². The molecule has 0 aromatic carbocycles. The summed E-state index contributed by atoms with van der Waals surface area (Å²) in [5.74, 6) is 0.130. The molecule has 1 N–H and O–H groups in total. The predicted molar refractivity (Wildman–Crippen MR) is 80.2 cm³/mol. The van der Waals surface area contributed by atoms with Crippen LogP contribution in [0, 0.1) is 0 Å². The average Bonchev–Trinajstić information content (AvgIpc) is 2.92. The number of aryl methyl sites for hydroxylation is 1. The number of halogens is 3. The first-order valence-electron chi connectivity index (χ1n) is 6.60. The lowest BCUT2D eigenvalue weighted by Crippen LogP contribution is -2.17. The van der Waals surface area contributed by atoms with Crippen LogP contribution < -0.4 is 10.2 Å². The van der Waals surface area contributed by atoms with E-state index in [-0.39, 0.29) is 11.8 Å². The van der Waals surface area contributed by atoms with Gasteiger partial charge >= 0.3 is 6.18 Å². The van der Waals surface area contributed by atoms with Crippen molar-refractivity contribution in [3.8, 4) is 0 Å². The fourth-order valence-corrected chi connectivity index (χ4v) is 2.44. The van der Waals surface area contributed by atoms with E-state index in [1.165, 1.54) is 16.2 Å². The van der Waals surface area contributed by atoms with Crippen LogP contribution >= 0.6 is 11.3 Å². The molecule has 0 aliphatic heterocycles. The zero-order chi connectivity index (χ0) is 16.3. The molecule has 0 saturated heterocycles. The number of nitrogens with one attached hydrogen (secondary N) is 1. The zero-order valence-electron chi connectivity index (χ0n) is 12.4. The van der Waals surface area contributed by atoms with Gasteiger partial charge in [0.15, 0.2) is 5.69 Å². The minimum atomic E-state index is -4.51. The maximum atomic E-state index is 12.9. The summed E-state index contributed by atoms with van der Waals surface area (Å²) in [7, 11) is 3.25. The fraction of sp³-hybridized carbons (Fsp3) is 0.462. The molecule has 0 spiro atoms. The van der Waals surface area contributed by atoms with E-state index in [1.807, 2.05) is 6.92 Å². The quantitative estimate of drug-likeness (QED) is 0.912. The Morgan fingerprint density at radius 2 is 2.00 bits per heavy atom. The number of anilines is 2. The molecule has 0 atom stereocenters. The number of alkyl halides is 3. The number of hydrogen-bond donors (Lipinski definition) is 1. The first kappa shape index (κ1) is 16.5. The van der Waals surface area contributed by atoms with E-state index in [1.54, 1.807) is 20.3 Å². The van der Waals surface area contributed by atoms with Crippen molar-refractivity contribution >= 4 is 23.1 Å². The number of nitrogens with zero attached hydrogens (tertiary/aromatic N) is 4. The van der Waals surface area contributed by atoms with Gasteiger partial charge in [-0.3, -0.25) is 0 Å². The summed E-state index contributed by atoms with van der Waals surface area (Å²) in [6.45, 7) is 2.31. The van der Waals surface area contributed by atoms with Crippen molar-refractivity contribution in [1.82, 2.24) is 15.0 Å². The van der Waals surface area contributed by atoms with Crippen LogP contribution in [0.4, 0.5) is 24.9 Å². The lowest BCUT2D eigenvalue weighted by Gasteiger charge is -2.15. The molecule has 22 heavy (non-hydrogen) atoms. The molecule has 0 amide bonds. The molecular weight excluding hydrogens is 315 g/mol. The summed E-state index contributed by atoms with van der Waals surface area (Å²) in [6, 6.07) is 0.920. The van der Waals surface area contributed by atoms with Crippen molar-refractivity contribution in [2.24, 2.45) is 0 Å². The second-order valence-electron chi connectivity index (χ2n) is 4.75. The summed E-state index contributed by atoms with van der Waals surface area (Å²) in [6.07, 6.45) is -1.87. The normalized spacial score (nSPS) is 11.5. The smallest absolute Gasteiger partial charge is 0.363 e. The highest BCUT2D eigenvalue weighted by Gasteiger charge is 2.34. The first-order chi connectivity index (χ1) is 10.3. The van der Waals surface area contributed by atoms with Gasteiger partial charge in [0.25, 0.3) is 0 Å². The van der Waals surface area contributed by atoms with Crippen LogP contribution in [0.5, 0.6) is 0 Å². The van der Waals surface area contributed by atoms with Gasteiger partial charge in [-0.15, -0.1) is 11.3 Å². The second kappa shape index (κ2) is 6.47. The SMILES string of the molecule is CCc1cnc(CNc2nc(N(C)C)cc(C(F)(F)F)n2)s1. The van der Waals surface area contributed by atoms with Crippen LogP contribution in [0.25, 0.3) is 0 Å². The average molecular weight is 331 g/mol. The predicted octanol–water partition coefficient (Wildman–Crippen LogP) is 3.19. The van der Waals surface area contributed by atoms with E-state index in [0.29, 0.717) is 6.54 Å². The van der Waals surface area contributed by atoms with Crippen molar-refractivity contribution in [2.45, 2.75) is 26.1 Å².